The first-order chi connectivity index (χ1) is 9.28. The number of rotatable bonds is 5. The molecule has 98 valence electrons. The maximum Gasteiger partial charge on any atom is 0.226 e. The van der Waals surface area contributed by atoms with Crippen molar-refractivity contribution in [2.45, 2.75) is 13.0 Å². The summed E-state index contributed by atoms with van der Waals surface area (Å²) in [4.78, 5) is 20.0. The highest BCUT2D eigenvalue weighted by molar-refractivity contribution is 5.77. The minimum Gasteiger partial charge on any atom is -0.497 e. The van der Waals surface area contributed by atoms with Crippen molar-refractivity contribution in [2.24, 2.45) is 0 Å². The molecule has 2 aromatic heterocycles. The van der Waals surface area contributed by atoms with Gasteiger partial charge in [0.1, 0.15) is 5.75 Å². The highest BCUT2D eigenvalue weighted by Gasteiger charge is 2.04. The van der Waals surface area contributed by atoms with Gasteiger partial charge in [-0.25, -0.2) is 0 Å². The van der Waals surface area contributed by atoms with Crippen LogP contribution < -0.4 is 10.1 Å². The van der Waals surface area contributed by atoms with Crippen LogP contribution >= 0.6 is 0 Å². The zero-order valence-corrected chi connectivity index (χ0v) is 10.7. The Labute approximate surface area is 111 Å². The minimum absolute atomic E-state index is 0.0803. The molecular formula is C14H15N3O2. The van der Waals surface area contributed by atoms with E-state index in [9.17, 15) is 4.79 Å². The van der Waals surface area contributed by atoms with Crippen molar-refractivity contribution in [1.29, 1.82) is 0 Å². The first-order valence-electron chi connectivity index (χ1n) is 5.93. The summed E-state index contributed by atoms with van der Waals surface area (Å²) in [5, 5.41) is 2.80. The molecule has 0 spiro atoms. The number of nitrogens with one attached hydrogen (secondary N) is 1. The molecule has 0 aromatic carbocycles. The topological polar surface area (TPSA) is 64.1 Å². The summed E-state index contributed by atoms with van der Waals surface area (Å²) in [5.74, 6) is 0.646. The van der Waals surface area contributed by atoms with E-state index in [0.29, 0.717) is 6.54 Å². The lowest BCUT2D eigenvalue weighted by Crippen LogP contribution is -2.25. The van der Waals surface area contributed by atoms with Crippen molar-refractivity contribution in [3.05, 3.63) is 54.1 Å². The normalized spacial score (nSPS) is 9.95. The first kappa shape index (κ1) is 13.0. The van der Waals surface area contributed by atoms with Crippen molar-refractivity contribution in [3.8, 4) is 5.75 Å². The van der Waals surface area contributed by atoms with Gasteiger partial charge in [-0.05, 0) is 18.2 Å². The van der Waals surface area contributed by atoms with E-state index in [1.54, 1.807) is 31.6 Å². The van der Waals surface area contributed by atoms with Gasteiger partial charge >= 0.3 is 0 Å². The molecule has 1 N–H and O–H groups in total. The summed E-state index contributed by atoms with van der Waals surface area (Å²) in [6, 6.07) is 9.06. The van der Waals surface area contributed by atoms with Gasteiger partial charge in [0, 0.05) is 24.2 Å². The molecular weight excluding hydrogens is 242 g/mol. The second kappa shape index (κ2) is 6.49. The first-order valence-corrected chi connectivity index (χ1v) is 5.93. The lowest BCUT2D eigenvalue weighted by molar-refractivity contribution is -0.120. The summed E-state index contributed by atoms with van der Waals surface area (Å²) in [7, 11) is 1.60. The van der Waals surface area contributed by atoms with Crippen LogP contribution in [-0.2, 0) is 17.8 Å². The average molecular weight is 257 g/mol. The quantitative estimate of drug-likeness (QED) is 0.878. The van der Waals surface area contributed by atoms with Crippen LogP contribution in [0.3, 0.4) is 0 Å². The lowest BCUT2D eigenvalue weighted by atomic mass is 10.2. The third-order valence-corrected chi connectivity index (χ3v) is 2.56. The number of aromatic nitrogens is 2. The molecule has 5 nitrogen and oxygen atoms in total. The molecule has 0 saturated heterocycles. The molecule has 0 atom stereocenters. The van der Waals surface area contributed by atoms with Crippen LogP contribution in [-0.4, -0.2) is 23.0 Å². The molecule has 0 aliphatic heterocycles. The Balaban J connectivity index is 1.86. The molecule has 19 heavy (non-hydrogen) atoms. The van der Waals surface area contributed by atoms with Crippen molar-refractivity contribution in [2.75, 3.05) is 7.11 Å². The highest BCUT2D eigenvalue weighted by Crippen LogP contribution is 2.09. The van der Waals surface area contributed by atoms with Gasteiger partial charge in [-0.1, -0.05) is 6.07 Å². The van der Waals surface area contributed by atoms with Gasteiger partial charge in [0.25, 0.3) is 0 Å². The van der Waals surface area contributed by atoms with Gasteiger partial charge in [-0.3, -0.25) is 14.8 Å². The molecule has 1 amide bonds. The maximum atomic E-state index is 11.7. The predicted molar refractivity (Wildman–Crippen MR) is 70.6 cm³/mol. The van der Waals surface area contributed by atoms with Gasteiger partial charge in [-0.15, -0.1) is 0 Å². The number of carbonyl (C=O) groups excluding carboxylic acids is 1. The Morgan fingerprint density at radius 2 is 2.05 bits per heavy atom. The average Bonchev–Trinajstić information content (AvgIpc) is 2.46. The fraction of sp³-hybridized carbons (Fsp3) is 0.214. The summed E-state index contributed by atoms with van der Waals surface area (Å²) in [5.41, 5.74) is 1.51. The maximum absolute atomic E-state index is 11.7. The zero-order chi connectivity index (χ0) is 13.5. The fourth-order valence-corrected chi connectivity index (χ4v) is 1.60. The largest absolute Gasteiger partial charge is 0.497 e. The monoisotopic (exact) mass is 257 g/mol. The molecule has 2 rings (SSSR count). The van der Waals surface area contributed by atoms with Crippen molar-refractivity contribution < 1.29 is 9.53 Å². The summed E-state index contributed by atoms with van der Waals surface area (Å²) in [6.45, 7) is 0.378. The zero-order valence-electron chi connectivity index (χ0n) is 10.7. The third kappa shape index (κ3) is 4.06. The van der Waals surface area contributed by atoms with E-state index < -0.39 is 0 Å². The number of hydrogen-bond donors (Lipinski definition) is 1. The van der Waals surface area contributed by atoms with E-state index in [2.05, 4.69) is 15.3 Å². The SMILES string of the molecule is COc1ccnc(CNC(=O)Cc2ccccn2)c1. The molecule has 2 aromatic rings. The van der Waals surface area contributed by atoms with E-state index in [0.717, 1.165) is 17.1 Å². The number of pyridine rings is 2. The van der Waals surface area contributed by atoms with Crippen LogP contribution in [0.2, 0.25) is 0 Å². The van der Waals surface area contributed by atoms with Crippen molar-refractivity contribution >= 4 is 5.91 Å². The second-order valence-corrected chi connectivity index (χ2v) is 3.96. The van der Waals surface area contributed by atoms with Crippen LogP contribution in [0.25, 0.3) is 0 Å². The van der Waals surface area contributed by atoms with Crippen molar-refractivity contribution in [3.63, 3.8) is 0 Å². The Hall–Kier alpha value is -2.43. The standard InChI is InChI=1S/C14H15N3O2/c1-19-13-5-7-16-12(8-13)10-17-14(18)9-11-4-2-3-6-15-11/h2-8H,9-10H2,1H3,(H,17,18). The van der Waals surface area contributed by atoms with Crippen LogP contribution in [0.15, 0.2) is 42.7 Å². The summed E-state index contributed by atoms with van der Waals surface area (Å²) < 4.78 is 5.09. The molecule has 0 bridgehead atoms. The van der Waals surface area contributed by atoms with Gasteiger partial charge in [0.05, 0.1) is 25.8 Å². The van der Waals surface area contributed by atoms with E-state index >= 15 is 0 Å². The molecule has 2 heterocycles. The van der Waals surface area contributed by atoms with Gasteiger partial charge in [-0.2, -0.15) is 0 Å². The number of ether oxygens (including phenoxy) is 1. The molecule has 0 fully saturated rings. The predicted octanol–water partition coefficient (Wildman–Crippen LogP) is 1.34. The lowest BCUT2D eigenvalue weighted by Gasteiger charge is -2.06. The van der Waals surface area contributed by atoms with Gasteiger partial charge in [0.15, 0.2) is 0 Å². The molecule has 0 aliphatic carbocycles. The number of hydrogen-bond acceptors (Lipinski definition) is 4. The summed E-state index contributed by atoms with van der Waals surface area (Å²) >= 11 is 0. The van der Waals surface area contributed by atoms with Gasteiger partial charge < -0.3 is 10.1 Å². The van der Waals surface area contributed by atoms with Crippen LogP contribution in [0.5, 0.6) is 5.75 Å². The molecule has 0 unspecified atom stereocenters. The number of nitrogens with zero attached hydrogens (tertiary/aromatic N) is 2. The van der Waals surface area contributed by atoms with E-state index in [-0.39, 0.29) is 12.3 Å². The highest BCUT2D eigenvalue weighted by atomic mass is 16.5. The smallest absolute Gasteiger partial charge is 0.226 e. The van der Waals surface area contributed by atoms with Gasteiger partial charge in [0.2, 0.25) is 5.91 Å². The van der Waals surface area contributed by atoms with Crippen LogP contribution in [0.4, 0.5) is 0 Å². The van der Waals surface area contributed by atoms with Crippen LogP contribution in [0, 0.1) is 0 Å². The molecule has 0 aliphatic rings. The number of methoxy groups -OCH3 is 1. The fourth-order valence-electron chi connectivity index (χ4n) is 1.60. The molecule has 0 radical (unpaired) electrons. The Kier molecular flexibility index (Phi) is 4.44. The third-order valence-electron chi connectivity index (χ3n) is 2.56. The minimum atomic E-state index is -0.0803. The van der Waals surface area contributed by atoms with Crippen LogP contribution in [0.1, 0.15) is 11.4 Å². The Morgan fingerprint density at radius 3 is 2.79 bits per heavy atom. The van der Waals surface area contributed by atoms with E-state index in [1.165, 1.54) is 0 Å². The summed E-state index contributed by atoms with van der Waals surface area (Å²) in [6.07, 6.45) is 3.59. The second-order valence-electron chi connectivity index (χ2n) is 3.96. The molecule has 5 heteroatoms. The van der Waals surface area contributed by atoms with E-state index in [1.807, 2.05) is 18.2 Å². The molecule has 0 saturated carbocycles. The van der Waals surface area contributed by atoms with Crippen molar-refractivity contribution in [1.82, 2.24) is 15.3 Å². The number of carbonyl (C=O) groups is 1. The van der Waals surface area contributed by atoms with E-state index in [4.69, 9.17) is 4.74 Å². The number of amides is 1. The Bertz CT molecular complexity index is 543. The Morgan fingerprint density at radius 1 is 1.21 bits per heavy atom.